The van der Waals surface area contributed by atoms with Gasteiger partial charge in [0.1, 0.15) is 0 Å². The Morgan fingerprint density at radius 1 is 0.929 bits per heavy atom. The molecule has 1 nitrogen and oxygen atoms in total. The van der Waals surface area contributed by atoms with Crippen molar-refractivity contribution in [1.82, 2.24) is 0 Å². The first-order valence-electron chi connectivity index (χ1n) is 7.66. The zero-order valence-electron chi connectivity index (χ0n) is 13.9. The minimum atomic E-state index is -4.79. The van der Waals surface area contributed by atoms with E-state index in [0.717, 1.165) is 30.3 Å². The predicted octanol–water partition coefficient (Wildman–Crippen LogP) is 7.31. The summed E-state index contributed by atoms with van der Waals surface area (Å²) in [6.07, 6.45) is -9.09. The molecule has 28 heavy (non-hydrogen) atoms. The summed E-state index contributed by atoms with van der Waals surface area (Å²) in [4.78, 5) is 0. The van der Waals surface area contributed by atoms with Gasteiger partial charge in [0, 0.05) is 6.54 Å². The second-order valence-corrected chi connectivity index (χ2v) is 6.96. The van der Waals surface area contributed by atoms with Crippen molar-refractivity contribution in [2.45, 2.75) is 25.3 Å². The molecular formula is C18H12Cl3F6N. The number of nitrogens with two attached hydrogens (primary N) is 1. The maximum atomic E-state index is 13.5. The predicted molar refractivity (Wildman–Crippen MR) is 98.5 cm³/mol. The Morgan fingerprint density at radius 2 is 1.50 bits per heavy atom. The number of rotatable bonds is 4. The van der Waals surface area contributed by atoms with Crippen molar-refractivity contribution in [2.75, 3.05) is 0 Å². The molecule has 0 aliphatic rings. The number of hydrogen-bond donors (Lipinski definition) is 1. The van der Waals surface area contributed by atoms with E-state index in [9.17, 15) is 26.3 Å². The molecule has 0 amide bonds. The summed E-state index contributed by atoms with van der Waals surface area (Å²) in [5.74, 6) is 0. The lowest BCUT2D eigenvalue weighted by Gasteiger charge is -2.15. The van der Waals surface area contributed by atoms with Crippen LogP contribution in [0.25, 0.3) is 5.57 Å². The van der Waals surface area contributed by atoms with Gasteiger partial charge in [-0.3, -0.25) is 0 Å². The zero-order chi connectivity index (χ0) is 21.3. The van der Waals surface area contributed by atoms with Crippen LogP contribution >= 0.6 is 34.8 Å². The van der Waals surface area contributed by atoms with Crippen molar-refractivity contribution < 1.29 is 26.3 Å². The van der Waals surface area contributed by atoms with Gasteiger partial charge in [0.25, 0.3) is 0 Å². The lowest BCUT2D eigenvalue weighted by Crippen LogP contribution is -2.13. The summed E-state index contributed by atoms with van der Waals surface area (Å²) in [6.45, 7) is -0.347. The average Bonchev–Trinajstić information content (AvgIpc) is 2.57. The van der Waals surface area contributed by atoms with Crippen LogP contribution in [-0.4, -0.2) is 6.18 Å². The molecule has 0 unspecified atom stereocenters. The molecule has 0 aliphatic heterocycles. The molecule has 0 heterocycles. The Hall–Kier alpha value is -1.41. The number of benzene rings is 2. The highest BCUT2D eigenvalue weighted by Crippen LogP contribution is 2.40. The van der Waals surface area contributed by atoms with Crippen LogP contribution in [0.2, 0.25) is 15.1 Å². The van der Waals surface area contributed by atoms with Crippen molar-refractivity contribution >= 4 is 40.4 Å². The van der Waals surface area contributed by atoms with E-state index in [1.54, 1.807) is 0 Å². The SMILES string of the molecule is NCc1ccc(C/C=C(\c2cc(Cl)c(Cl)c(Cl)c2)C(F)(F)F)cc1C(F)(F)F. The third-order valence-corrected chi connectivity index (χ3v) is 5.04. The molecule has 10 heteroatoms. The summed E-state index contributed by atoms with van der Waals surface area (Å²) in [6, 6.07) is 5.22. The van der Waals surface area contributed by atoms with Gasteiger partial charge in [-0.05, 0) is 41.3 Å². The van der Waals surface area contributed by atoms with E-state index in [1.807, 2.05) is 0 Å². The Balaban J connectivity index is 2.48. The molecule has 2 rings (SSSR count). The van der Waals surface area contributed by atoms with E-state index in [4.69, 9.17) is 40.5 Å². The fraction of sp³-hybridized carbons (Fsp3) is 0.222. The molecule has 0 saturated heterocycles. The van der Waals surface area contributed by atoms with Crippen molar-refractivity contribution in [3.05, 3.63) is 73.7 Å². The molecule has 0 aromatic heterocycles. The van der Waals surface area contributed by atoms with E-state index in [1.165, 1.54) is 6.07 Å². The van der Waals surface area contributed by atoms with E-state index in [2.05, 4.69) is 0 Å². The van der Waals surface area contributed by atoms with Crippen LogP contribution in [0.5, 0.6) is 0 Å². The second kappa shape index (κ2) is 8.53. The van der Waals surface area contributed by atoms with Crippen LogP contribution in [-0.2, 0) is 19.1 Å². The highest BCUT2D eigenvalue weighted by Gasteiger charge is 2.35. The van der Waals surface area contributed by atoms with E-state index in [-0.39, 0.29) is 38.3 Å². The summed E-state index contributed by atoms with van der Waals surface area (Å²) in [7, 11) is 0. The lowest BCUT2D eigenvalue weighted by atomic mass is 9.99. The van der Waals surface area contributed by atoms with Crippen LogP contribution in [0.15, 0.2) is 36.4 Å². The summed E-state index contributed by atoms with van der Waals surface area (Å²) >= 11 is 17.3. The van der Waals surface area contributed by atoms with Crippen LogP contribution in [0.3, 0.4) is 0 Å². The molecule has 0 aliphatic carbocycles. The fourth-order valence-corrected chi connectivity index (χ4v) is 3.12. The van der Waals surface area contributed by atoms with Gasteiger partial charge in [-0.2, -0.15) is 26.3 Å². The molecule has 0 bridgehead atoms. The van der Waals surface area contributed by atoms with Gasteiger partial charge in [-0.25, -0.2) is 0 Å². The van der Waals surface area contributed by atoms with Gasteiger partial charge < -0.3 is 5.73 Å². The first-order chi connectivity index (χ1) is 12.8. The molecule has 2 aromatic rings. The largest absolute Gasteiger partial charge is 0.416 e. The van der Waals surface area contributed by atoms with E-state index >= 15 is 0 Å². The molecular weight excluding hydrogens is 451 g/mol. The first-order valence-corrected chi connectivity index (χ1v) is 8.79. The monoisotopic (exact) mass is 461 g/mol. The van der Waals surface area contributed by atoms with E-state index in [0.29, 0.717) is 0 Å². The van der Waals surface area contributed by atoms with Crippen LogP contribution in [0, 0.1) is 0 Å². The molecule has 0 fully saturated rings. The summed E-state index contributed by atoms with van der Waals surface area (Å²) < 4.78 is 79.7. The Labute approximate surface area is 171 Å². The number of allylic oxidation sites excluding steroid dienone is 2. The number of hydrogen-bond acceptors (Lipinski definition) is 1. The summed E-state index contributed by atoms with van der Waals surface area (Å²) in [5.41, 5.74) is 2.77. The first kappa shape index (κ1) is 22.9. The number of halogens is 9. The Kier molecular flexibility index (Phi) is 6.97. The third-order valence-electron chi connectivity index (χ3n) is 3.84. The average molecular weight is 463 g/mol. The molecule has 2 aromatic carbocycles. The highest BCUT2D eigenvalue weighted by atomic mass is 35.5. The fourth-order valence-electron chi connectivity index (χ4n) is 2.52. The molecule has 2 N–H and O–H groups in total. The van der Waals surface area contributed by atoms with Crippen LogP contribution in [0.4, 0.5) is 26.3 Å². The van der Waals surface area contributed by atoms with Crippen LogP contribution < -0.4 is 5.73 Å². The quantitative estimate of drug-likeness (QED) is 0.374. The maximum absolute atomic E-state index is 13.5. The van der Waals surface area contributed by atoms with Gasteiger partial charge in [-0.1, -0.05) is 53.0 Å². The molecule has 152 valence electrons. The Morgan fingerprint density at radius 3 is 1.96 bits per heavy atom. The van der Waals surface area contributed by atoms with Gasteiger partial charge in [0.05, 0.1) is 26.2 Å². The van der Waals surface area contributed by atoms with Gasteiger partial charge in [-0.15, -0.1) is 0 Å². The standard InChI is InChI=1S/C18H12Cl3F6N/c19-14-6-11(7-15(20)16(14)21)12(17(22,23)24)4-2-9-1-3-10(8-28)13(5-9)18(25,26)27/h1,3-7H,2,8,28H2/b12-4+. The van der Waals surface area contributed by atoms with Gasteiger partial charge >= 0.3 is 12.4 Å². The Bertz CT molecular complexity index is 880. The molecule has 0 atom stereocenters. The highest BCUT2D eigenvalue weighted by molar-refractivity contribution is 6.48. The van der Waals surface area contributed by atoms with E-state index < -0.39 is 29.9 Å². The van der Waals surface area contributed by atoms with Crippen molar-refractivity contribution in [2.24, 2.45) is 5.73 Å². The smallest absolute Gasteiger partial charge is 0.326 e. The lowest BCUT2D eigenvalue weighted by molar-refractivity contribution is -0.138. The third kappa shape index (κ3) is 5.35. The minimum Gasteiger partial charge on any atom is -0.326 e. The van der Waals surface area contributed by atoms with Crippen molar-refractivity contribution in [1.29, 1.82) is 0 Å². The molecule has 0 radical (unpaired) electrons. The molecule has 0 spiro atoms. The topological polar surface area (TPSA) is 26.0 Å². The van der Waals surface area contributed by atoms with Gasteiger partial charge in [0.2, 0.25) is 0 Å². The normalized spacial score (nSPS) is 13.1. The maximum Gasteiger partial charge on any atom is 0.416 e. The van der Waals surface area contributed by atoms with Gasteiger partial charge in [0.15, 0.2) is 0 Å². The molecule has 0 saturated carbocycles. The van der Waals surface area contributed by atoms with Crippen molar-refractivity contribution in [3.63, 3.8) is 0 Å². The minimum absolute atomic E-state index is 0.0393. The second-order valence-electron chi connectivity index (χ2n) is 5.77. The zero-order valence-corrected chi connectivity index (χ0v) is 16.1. The number of alkyl halides is 6. The van der Waals surface area contributed by atoms with Crippen LogP contribution in [0.1, 0.15) is 22.3 Å². The van der Waals surface area contributed by atoms with Crippen molar-refractivity contribution in [3.8, 4) is 0 Å². The summed E-state index contributed by atoms with van der Waals surface area (Å²) in [5, 5.41) is -0.447.